The van der Waals surface area contributed by atoms with Gasteiger partial charge in [-0.1, -0.05) is 37.8 Å². The van der Waals surface area contributed by atoms with Crippen molar-refractivity contribution in [1.82, 2.24) is 20.8 Å². The third-order valence-corrected chi connectivity index (χ3v) is 3.38. The molecule has 1 heterocycles. The first-order valence-corrected chi connectivity index (χ1v) is 8.49. The van der Waals surface area contributed by atoms with E-state index in [0.29, 0.717) is 30.7 Å². The highest BCUT2D eigenvalue weighted by Gasteiger charge is 2.06. The molecule has 0 aromatic carbocycles. The Morgan fingerprint density at radius 3 is 2.65 bits per heavy atom. The Bertz CT molecular complexity index is 436. The third kappa shape index (κ3) is 10.5. The number of guanidine groups is 1. The van der Waals surface area contributed by atoms with Gasteiger partial charge in [0.2, 0.25) is 5.89 Å². The molecule has 2 N–H and O–H groups in total. The second-order valence-corrected chi connectivity index (χ2v) is 5.64. The van der Waals surface area contributed by atoms with E-state index >= 15 is 0 Å². The lowest BCUT2D eigenvalue weighted by atomic mass is 10.1. The molecule has 0 bridgehead atoms. The number of hydrogen-bond donors (Lipinski definition) is 2. The fraction of sp³-hybridized carbons (Fsp3) is 0.812. The summed E-state index contributed by atoms with van der Waals surface area (Å²) in [7, 11) is 0. The van der Waals surface area contributed by atoms with Crippen molar-refractivity contribution in [3.05, 3.63) is 11.7 Å². The van der Waals surface area contributed by atoms with Crippen LogP contribution in [0.15, 0.2) is 9.52 Å². The zero-order valence-electron chi connectivity index (χ0n) is 14.9. The van der Waals surface area contributed by atoms with Crippen LogP contribution in [0.3, 0.4) is 0 Å². The first-order valence-electron chi connectivity index (χ1n) is 8.49. The van der Waals surface area contributed by atoms with E-state index in [9.17, 15) is 0 Å². The van der Waals surface area contributed by atoms with Crippen LogP contribution in [0, 0.1) is 6.92 Å². The molecule has 1 atom stereocenters. The molecule has 1 rings (SSSR count). The Hall–Kier alpha value is -0.860. The van der Waals surface area contributed by atoms with Gasteiger partial charge in [0.15, 0.2) is 11.8 Å². The summed E-state index contributed by atoms with van der Waals surface area (Å²) in [4.78, 5) is 8.75. The van der Waals surface area contributed by atoms with Crippen LogP contribution in [0.25, 0.3) is 0 Å². The molecule has 134 valence electrons. The van der Waals surface area contributed by atoms with Gasteiger partial charge in [-0.2, -0.15) is 4.98 Å². The van der Waals surface area contributed by atoms with Crippen LogP contribution in [0.5, 0.6) is 0 Å². The fourth-order valence-electron chi connectivity index (χ4n) is 2.21. The molecule has 7 heteroatoms. The van der Waals surface area contributed by atoms with Crippen LogP contribution in [0.4, 0.5) is 0 Å². The van der Waals surface area contributed by atoms with Crippen molar-refractivity contribution in [3.63, 3.8) is 0 Å². The molecule has 0 aliphatic carbocycles. The molecular weight excluding hydrogens is 405 g/mol. The summed E-state index contributed by atoms with van der Waals surface area (Å²) in [6, 6.07) is 0.431. The van der Waals surface area contributed by atoms with Crippen molar-refractivity contribution in [1.29, 1.82) is 0 Å². The first kappa shape index (κ1) is 22.1. The monoisotopic (exact) mass is 437 g/mol. The van der Waals surface area contributed by atoms with Gasteiger partial charge in [-0.3, -0.25) is 4.99 Å². The number of hydrogen-bond acceptors (Lipinski definition) is 4. The van der Waals surface area contributed by atoms with E-state index in [4.69, 9.17) is 4.52 Å². The van der Waals surface area contributed by atoms with Crippen LogP contribution < -0.4 is 10.6 Å². The van der Waals surface area contributed by atoms with E-state index < -0.39 is 0 Å². The minimum atomic E-state index is 0. The van der Waals surface area contributed by atoms with Gasteiger partial charge in [-0.15, -0.1) is 24.0 Å². The Morgan fingerprint density at radius 2 is 2.04 bits per heavy atom. The molecule has 0 spiro atoms. The zero-order chi connectivity index (χ0) is 16.2. The summed E-state index contributed by atoms with van der Waals surface area (Å²) in [5.74, 6) is 2.18. The SMILES string of the molecule is CCCCCCC(C)NC(=NCCc1nc(C)no1)NCC.I. The summed E-state index contributed by atoms with van der Waals surface area (Å²) in [6.45, 7) is 9.84. The highest BCUT2D eigenvalue weighted by molar-refractivity contribution is 14.0. The number of aromatic nitrogens is 2. The number of aliphatic imine (C=N–C) groups is 1. The van der Waals surface area contributed by atoms with Crippen LogP contribution in [-0.4, -0.2) is 35.2 Å². The standard InChI is InChI=1S/C16H31N5O.HI/c1-5-7-8-9-10-13(3)19-16(17-6-2)18-12-11-15-20-14(4)21-22-15;/h13H,5-12H2,1-4H3,(H2,17,18,19);1H. The Balaban J connectivity index is 0.00000484. The maximum absolute atomic E-state index is 5.09. The molecule has 6 nitrogen and oxygen atoms in total. The number of unbranched alkanes of at least 4 members (excludes halogenated alkanes) is 3. The van der Waals surface area contributed by atoms with Crippen molar-refractivity contribution in [2.24, 2.45) is 4.99 Å². The van der Waals surface area contributed by atoms with E-state index in [1.807, 2.05) is 6.92 Å². The second kappa shape index (κ2) is 13.6. The molecule has 1 aromatic rings. The average molecular weight is 437 g/mol. The molecule has 23 heavy (non-hydrogen) atoms. The van der Waals surface area contributed by atoms with Crippen molar-refractivity contribution in [3.8, 4) is 0 Å². The minimum Gasteiger partial charge on any atom is -0.357 e. The van der Waals surface area contributed by atoms with Gasteiger partial charge in [0.1, 0.15) is 0 Å². The molecule has 1 aromatic heterocycles. The molecule has 0 saturated carbocycles. The second-order valence-electron chi connectivity index (χ2n) is 5.64. The molecule has 0 saturated heterocycles. The van der Waals surface area contributed by atoms with Crippen LogP contribution in [0.1, 0.15) is 64.6 Å². The predicted octanol–water partition coefficient (Wildman–Crippen LogP) is 3.45. The van der Waals surface area contributed by atoms with E-state index in [1.165, 1.54) is 32.1 Å². The van der Waals surface area contributed by atoms with Crippen LogP contribution >= 0.6 is 24.0 Å². The van der Waals surface area contributed by atoms with Crippen molar-refractivity contribution in [2.75, 3.05) is 13.1 Å². The number of rotatable bonds is 10. The minimum absolute atomic E-state index is 0. The third-order valence-electron chi connectivity index (χ3n) is 3.38. The quantitative estimate of drug-likeness (QED) is 0.254. The molecule has 0 radical (unpaired) electrons. The molecular formula is C16H32IN5O. The van der Waals surface area contributed by atoms with Gasteiger partial charge in [-0.05, 0) is 27.2 Å². The number of halogens is 1. The topological polar surface area (TPSA) is 75.3 Å². The molecule has 0 aliphatic rings. The normalized spacial score (nSPS) is 12.6. The highest BCUT2D eigenvalue weighted by Crippen LogP contribution is 2.05. The van der Waals surface area contributed by atoms with Crippen LogP contribution in [-0.2, 0) is 6.42 Å². The Morgan fingerprint density at radius 1 is 1.26 bits per heavy atom. The Kier molecular flexibility index (Phi) is 13.1. The maximum Gasteiger partial charge on any atom is 0.228 e. The largest absolute Gasteiger partial charge is 0.357 e. The van der Waals surface area contributed by atoms with Gasteiger partial charge in [0, 0.05) is 19.0 Å². The molecule has 0 fully saturated rings. The van der Waals surface area contributed by atoms with Crippen molar-refractivity contribution in [2.45, 2.75) is 72.3 Å². The average Bonchev–Trinajstić information content (AvgIpc) is 2.89. The van der Waals surface area contributed by atoms with Crippen molar-refractivity contribution < 1.29 is 4.52 Å². The summed E-state index contributed by atoms with van der Waals surface area (Å²) >= 11 is 0. The molecule has 0 amide bonds. The molecule has 1 unspecified atom stereocenters. The highest BCUT2D eigenvalue weighted by atomic mass is 127. The summed E-state index contributed by atoms with van der Waals surface area (Å²) in [6.07, 6.45) is 7.02. The van der Waals surface area contributed by atoms with Gasteiger partial charge in [-0.25, -0.2) is 0 Å². The van der Waals surface area contributed by atoms with Gasteiger partial charge >= 0.3 is 0 Å². The summed E-state index contributed by atoms with van der Waals surface area (Å²) in [5.41, 5.74) is 0. The number of nitrogens with one attached hydrogen (secondary N) is 2. The lowest BCUT2D eigenvalue weighted by Gasteiger charge is -2.17. The number of nitrogens with zero attached hydrogens (tertiary/aromatic N) is 3. The summed E-state index contributed by atoms with van der Waals surface area (Å²) in [5, 5.41) is 10.5. The predicted molar refractivity (Wildman–Crippen MR) is 105 cm³/mol. The van der Waals surface area contributed by atoms with Crippen LogP contribution in [0.2, 0.25) is 0 Å². The fourth-order valence-corrected chi connectivity index (χ4v) is 2.21. The van der Waals surface area contributed by atoms with Crippen molar-refractivity contribution >= 4 is 29.9 Å². The summed E-state index contributed by atoms with van der Waals surface area (Å²) < 4.78 is 5.09. The van der Waals surface area contributed by atoms with E-state index in [1.54, 1.807) is 0 Å². The van der Waals surface area contributed by atoms with Gasteiger partial charge in [0.05, 0.1) is 6.54 Å². The Labute approximate surface area is 157 Å². The van der Waals surface area contributed by atoms with Gasteiger partial charge in [0.25, 0.3) is 0 Å². The first-order chi connectivity index (χ1) is 10.7. The zero-order valence-corrected chi connectivity index (χ0v) is 17.2. The van der Waals surface area contributed by atoms with E-state index in [0.717, 1.165) is 12.5 Å². The smallest absolute Gasteiger partial charge is 0.228 e. The lowest BCUT2D eigenvalue weighted by Crippen LogP contribution is -2.42. The van der Waals surface area contributed by atoms with Gasteiger partial charge < -0.3 is 15.2 Å². The lowest BCUT2D eigenvalue weighted by molar-refractivity contribution is 0.376. The molecule has 0 aliphatic heterocycles. The van der Waals surface area contributed by atoms with E-state index in [-0.39, 0.29) is 24.0 Å². The number of aryl methyl sites for hydroxylation is 1. The maximum atomic E-state index is 5.09. The van der Waals surface area contributed by atoms with E-state index in [2.05, 4.69) is 46.5 Å².